The van der Waals surface area contributed by atoms with E-state index in [9.17, 15) is 4.79 Å². The third kappa shape index (κ3) is 1.32. The van der Waals surface area contributed by atoms with Crippen LogP contribution in [0, 0.1) is 0 Å². The van der Waals surface area contributed by atoms with Gasteiger partial charge in [-0.3, -0.25) is 4.79 Å². The van der Waals surface area contributed by atoms with Crippen LogP contribution in [0.25, 0.3) is 0 Å². The van der Waals surface area contributed by atoms with Crippen LogP contribution in [0.1, 0.15) is 0 Å². The van der Waals surface area contributed by atoms with Gasteiger partial charge in [0.2, 0.25) is 0 Å². The molecule has 54 valence electrons. The normalized spacial score (nSPS) is 9.90. The van der Waals surface area contributed by atoms with Gasteiger partial charge in [-0.25, -0.2) is 0 Å². The van der Waals surface area contributed by atoms with Gasteiger partial charge >= 0.3 is 0 Å². The molecule has 2 nitrogen and oxygen atoms in total. The van der Waals surface area contributed by atoms with E-state index in [2.05, 4.69) is 31.9 Å². The van der Waals surface area contributed by atoms with Gasteiger partial charge in [0.25, 0.3) is 5.56 Å². The molecule has 0 unspecified atom stereocenters. The average Bonchev–Trinajstić information content (AvgIpc) is 1.93. The van der Waals surface area contributed by atoms with Gasteiger partial charge in [0.1, 0.15) is 0 Å². The number of nitrogens with zero attached hydrogens (tertiary/aromatic N) is 1. The Kier molecular flexibility index (Phi) is 2.31. The first-order valence-corrected chi connectivity index (χ1v) is 4.22. The fraction of sp³-hybridized carbons (Fsp3) is 0.167. The Morgan fingerprint density at radius 1 is 1.50 bits per heavy atom. The zero-order valence-electron chi connectivity index (χ0n) is 5.27. The highest BCUT2D eigenvalue weighted by atomic mass is 79.9. The highest BCUT2D eigenvalue weighted by molar-refractivity contribution is 9.13. The van der Waals surface area contributed by atoms with E-state index >= 15 is 0 Å². The molecule has 0 amide bonds. The second-order valence-electron chi connectivity index (χ2n) is 1.89. The molecule has 0 saturated carbocycles. The summed E-state index contributed by atoms with van der Waals surface area (Å²) in [5.74, 6) is 0. The Balaban J connectivity index is 3.50. The fourth-order valence-electron chi connectivity index (χ4n) is 0.575. The van der Waals surface area contributed by atoms with Crippen molar-refractivity contribution in [2.24, 2.45) is 7.05 Å². The van der Waals surface area contributed by atoms with Crippen molar-refractivity contribution in [3.63, 3.8) is 0 Å². The van der Waals surface area contributed by atoms with Crippen LogP contribution in [-0.4, -0.2) is 4.57 Å². The predicted molar refractivity (Wildman–Crippen MR) is 47.1 cm³/mol. The van der Waals surface area contributed by atoms with Crippen molar-refractivity contribution in [3.05, 3.63) is 31.6 Å². The van der Waals surface area contributed by atoms with Gasteiger partial charge in [0, 0.05) is 17.7 Å². The number of pyridine rings is 1. The molecule has 0 fully saturated rings. The molecule has 0 N–H and O–H groups in total. The number of aromatic nitrogens is 1. The summed E-state index contributed by atoms with van der Waals surface area (Å²) in [6, 6.07) is 1.81. The van der Waals surface area contributed by atoms with Crippen molar-refractivity contribution in [1.29, 1.82) is 0 Å². The first-order valence-electron chi connectivity index (χ1n) is 2.63. The third-order valence-corrected chi connectivity index (χ3v) is 3.12. The molecule has 10 heavy (non-hydrogen) atoms. The molecule has 0 aliphatic rings. The second-order valence-corrected chi connectivity index (χ2v) is 3.54. The summed E-state index contributed by atoms with van der Waals surface area (Å²) in [5, 5.41) is 0. The van der Waals surface area contributed by atoms with Gasteiger partial charge in [-0.2, -0.15) is 0 Å². The molecule has 1 aromatic rings. The van der Waals surface area contributed by atoms with Gasteiger partial charge < -0.3 is 4.57 Å². The Bertz CT molecular complexity index is 305. The van der Waals surface area contributed by atoms with Crippen LogP contribution in [0.4, 0.5) is 0 Å². The minimum absolute atomic E-state index is 0.0330. The zero-order valence-corrected chi connectivity index (χ0v) is 8.44. The molecule has 0 aliphatic heterocycles. The maximum absolute atomic E-state index is 11.1. The Labute approximate surface area is 75.1 Å². The van der Waals surface area contributed by atoms with Crippen LogP contribution in [0.2, 0.25) is 0 Å². The van der Waals surface area contributed by atoms with Crippen LogP contribution in [0.5, 0.6) is 0 Å². The topological polar surface area (TPSA) is 22.0 Å². The second kappa shape index (κ2) is 2.88. The molecule has 1 rings (SSSR count). The first kappa shape index (κ1) is 8.01. The summed E-state index contributed by atoms with van der Waals surface area (Å²) in [6.07, 6.45) is 1.71. The lowest BCUT2D eigenvalue weighted by molar-refractivity contribution is 0.850. The molecule has 1 aromatic heterocycles. The number of halogens is 2. The fourth-order valence-corrected chi connectivity index (χ4v) is 1.27. The lowest BCUT2D eigenvalue weighted by atomic mass is 10.5. The largest absolute Gasteiger partial charge is 0.318 e. The van der Waals surface area contributed by atoms with Crippen LogP contribution in [0.15, 0.2) is 26.0 Å². The molecule has 0 radical (unpaired) electrons. The van der Waals surface area contributed by atoms with Gasteiger partial charge in [0.05, 0.1) is 4.47 Å². The number of hydrogen-bond acceptors (Lipinski definition) is 1. The van der Waals surface area contributed by atoms with E-state index in [1.165, 1.54) is 4.57 Å². The number of rotatable bonds is 0. The predicted octanol–water partition coefficient (Wildman–Crippen LogP) is 1.91. The van der Waals surface area contributed by atoms with Crippen molar-refractivity contribution >= 4 is 31.9 Å². The molecule has 0 aliphatic carbocycles. The summed E-state index contributed by atoms with van der Waals surface area (Å²) in [5.41, 5.74) is -0.0330. The Hall–Kier alpha value is -0.0900. The quantitative estimate of drug-likeness (QED) is 0.703. The van der Waals surface area contributed by atoms with Gasteiger partial charge in [-0.1, -0.05) is 0 Å². The third-order valence-electron chi connectivity index (χ3n) is 1.16. The SMILES string of the molecule is Cn1ccc(Br)c(Br)c1=O. The number of aryl methyl sites for hydroxylation is 1. The van der Waals surface area contributed by atoms with E-state index in [0.717, 1.165) is 4.47 Å². The first-order chi connectivity index (χ1) is 4.63. The van der Waals surface area contributed by atoms with Gasteiger partial charge in [-0.15, -0.1) is 0 Å². The standard InChI is InChI=1S/C6H5Br2NO/c1-9-3-2-4(7)5(8)6(9)10/h2-3H,1H3. The minimum Gasteiger partial charge on any atom is -0.318 e. The Morgan fingerprint density at radius 2 is 2.10 bits per heavy atom. The highest BCUT2D eigenvalue weighted by Gasteiger charge is 2.00. The zero-order chi connectivity index (χ0) is 7.72. The van der Waals surface area contributed by atoms with Gasteiger partial charge in [0.15, 0.2) is 0 Å². The van der Waals surface area contributed by atoms with Crippen LogP contribution < -0.4 is 5.56 Å². The summed E-state index contributed by atoms with van der Waals surface area (Å²) in [7, 11) is 1.71. The molecule has 0 saturated heterocycles. The lowest BCUT2D eigenvalue weighted by Crippen LogP contribution is -2.16. The Morgan fingerprint density at radius 3 is 2.60 bits per heavy atom. The molecule has 0 spiro atoms. The molecule has 0 bridgehead atoms. The summed E-state index contributed by atoms with van der Waals surface area (Å²) in [4.78, 5) is 11.1. The average molecular weight is 267 g/mol. The van der Waals surface area contributed by atoms with Crippen LogP contribution in [0.3, 0.4) is 0 Å². The van der Waals surface area contributed by atoms with E-state index in [4.69, 9.17) is 0 Å². The number of hydrogen-bond donors (Lipinski definition) is 0. The summed E-state index contributed by atoms with van der Waals surface area (Å²) < 4.78 is 2.86. The lowest BCUT2D eigenvalue weighted by Gasteiger charge is -1.97. The van der Waals surface area contributed by atoms with E-state index in [-0.39, 0.29) is 5.56 Å². The van der Waals surface area contributed by atoms with Crippen molar-refractivity contribution in [2.45, 2.75) is 0 Å². The van der Waals surface area contributed by atoms with E-state index in [0.29, 0.717) is 4.47 Å². The maximum Gasteiger partial charge on any atom is 0.265 e. The smallest absolute Gasteiger partial charge is 0.265 e. The van der Waals surface area contributed by atoms with Crippen molar-refractivity contribution < 1.29 is 0 Å². The molecule has 0 atom stereocenters. The van der Waals surface area contributed by atoms with Crippen LogP contribution >= 0.6 is 31.9 Å². The maximum atomic E-state index is 11.1. The summed E-state index contributed by atoms with van der Waals surface area (Å²) in [6.45, 7) is 0. The van der Waals surface area contributed by atoms with E-state index in [1.807, 2.05) is 6.07 Å². The minimum atomic E-state index is -0.0330. The monoisotopic (exact) mass is 265 g/mol. The highest BCUT2D eigenvalue weighted by Crippen LogP contribution is 2.16. The summed E-state index contributed by atoms with van der Waals surface area (Å²) >= 11 is 6.37. The molecular weight excluding hydrogens is 262 g/mol. The molecule has 1 heterocycles. The van der Waals surface area contributed by atoms with Crippen LogP contribution in [-0.2, 0) is 7.05 Å². The molecule has 0 aromatic carbocycles. The van der Waals surface area contributed by atoms with Gasteiger partial charge in [-0.05, 0) is 37.9 Å². The molecule has 4 heteroatoms. The van der Waals surface area contributed by atoms with Crippen molar-refractivity contribution in [2.75, 3.05) is 0 Å². The van der Waals surface area contributed by atoms with E-state index in [1.54, 1.807) is 13.2 Å². The van der Waals surface area contributed by atoms with E-state index < -0.39 is 0 Å². The van der Waals surface area contributed by atoms with Crippen molar-refractivity contribution in [3.8, 4) is 0 Å². The molecular formula is C6H5Br2NO. The van der Waals surface area contributed by atoms with Crippen molar-refractivity contribution in [1.82, 2.24) is 4.57 Å².